The average molecular weight is 603 g/mol. The molecule has 0 aromatic rings. The van der Waals surface area contributed by atoms with Crippen molar-refractivity contribution in [3.63, 3.8) is 0 Å². The lowest BCUT2D eigenvalue weighted by molar-refractivity contribution is -0.305. The van der Waals surface area contributed by atoms with Gasteiger partial charge in [0.2, 0.25) is 0 Å². The molecule has 4 aliphatic heterocycles. The molecule has 9 fully saturated rings. The number of fused-ring (bicyclic) bond motifs is 6. The van der Waals surface area contributed by atoms with Crippen LogP contribution in [0.3, 0.4) is 0 Å². The highest BCUT2D eigenvalue weighted by atomic mass is 16.8. The van der Waals surface area contributed by atoms with Crippen LogP contribution in [0.2, 0.25) is 0 Å². The Kier molecular flexibility index (Phi) is 5.63. The number of hydrogen-bond donors (Lipinski definition) is 3. The van der Waals surface area contributed by atoms with E-state index in [-0.39, 0.29) is 46.8 Å². The van der Waals surface area contributed by atoms with Gasteiger partial charge in [-0.2, -0.15) is 0 Å². The molecule has 242 valence electrons. The van der Waals surface area contributed by atoms with E-state index in [4.69, 9.17) is 23.7 Å². The lowest BCUT2D eigenvalue weighted by Gasteiger charge is -2.63. The number of aliphatic hydroxyl groups excluding tert-OH is 3. The molecule has 3 unspecified atom stereocenters. The lowest BCUT2D eigenvalue weighted by atomic mass is 9.41. The molecule has 0 bridgehead atoms. The second kappa shape index (κ2) is 8.39. The van der Waals surface area contributed by atoms with Gasteiger partial charge in [-0.1, -0.05) is 34.6 Å². The van der Waals surface area contributed by atoms with E-state index in [0.717, 1.165) is 25.7 Å². The Morgan fingerprint density at radius 3 is 2.26 bits per heavy atom. The molecular weight excluding hydrogens is 548 g/mol. The summed E-state index contributed by atoms with van der Waals surface area (Å²) < 4.78 is 31.9. The fraction of sp³-hybridized carbons (Fsp3) is 1.00. The van der Waals surface area contributed by atoms with Crippen LogP contribution in [0.1, 0.15) is 99.3 Å². The maximum Gasteiger partial charge on any atom is 0.198 e. The third-order valence-corrected chi connectivity index (χ3v) is 16.3. The normalized spacial score (nSPS) is 65.9. The number of ether oxygens (including phenoxy) is 5. The highest BCUT2D eigenvalue weighted by Crippen LogP contribution is 2.89. The zero-order valence-electron chi connectivity index (χ0n) is 27.0. The smallest absolute Gasteiger partial charge is 0.198 e. The van der Waals surface area contributed by atoms with Crippen molar-refractivity contribution in [1.29, 1.82) is 0 Å². The van der Waals surface area contributed by atoms with Gasteiger partial charge in [-0.25, -0.2) is 0 Å². The largest absolute Gasteiger partial charge is 0.388 e. The van der Waals surface area contributed by atoms with Crippen LogP contribution in [0.15, 0.2) is 0 Å². The molecule has 5 saturated carbocycles. The summed E-state index contributed by atoms with van der Waals surface area (Å²) in [6.07, 6.45) is 6.47. The SMILES string of the molecule is CC1C[C@@]2(OC[C@]3(C)OC23)O[C@H]2C[C@@]3(C)[C@@H]4CC[C@H]5C(C)(C)C(O[C@@H]6OC[C@@H](O)[C@H](O)[C@H]6O)CC[C@@]56C[C@@]46CC[C@]3(C)[C@@H]12. The van der Waals surface area contributed by atoms with Crippen molar-refractivity contribution in [1.82, 2.24) is 0 Å². The molecule has 43 heavy (non-hydrogen) atoms. The lowest BCUT2D eigenvalue weighted by Crippen LogP contribution is -2.60. The summed E-state index contributed by atoms with van der Waals surface area (Å²) >= 11 is 0. The molecule has 0 aromatic carbocycles. The Hall–Kier alpha value is -0.320. The summed E-state index contributed by atoms with van der Waals surface area (Å²) in [6, 6.07) is 0. The molecule has 5 aliphatic carbocycles. The fourth-order valence-corrected chi connectivity index (χ4v) is 14.2. The summed E-state index contributed by atoms with van der Waals surface area (Å²) in [5.41, 5.74) is 1.08. The zero-order chi connectivity index (χ0) is 30.2. The summed E-state index contributed by atoms with van der Waals surface area (Å²) in [6.45, 7) is 15.3. The highest BCUT2D eigenvalue weighted by Gasteiger charge is 2.84. The predicted octanol–water partition coefficient (Wildman–Crippen LogP) is 4.17. The Bertz CT molecular complexity index is 1210. The predicted molar refractivity (Wildman–Crippen MR) is 156 cm³/mol. The van der Waals surface area contributed by atoms with E-state index in [0.29, 0.717) is 41.1 Å². The van der Waals surface area contributed by atoms with Gasteiger partial charge in [0.05, 0.1) is 25.4 Å². The summed E-state index contributed by atoms with van der Waals surface area (Å²) in [5, 5.41) is 30.8. The second-order valence-corrected chi connectivity index (χ2v) is 18.2. The summed E-state index contributed by atoms with van der Waals surface area (Å²) in [5.74, 6) is 1.86. The Balaban J connectivity index is 0.975. The first-order valence-corrected chi connectivity index (χ1v) is 17.5. The third-order valence-electron chi connectivity index (χ3n) is 16.3. The molecule has 0 amide bonds. The molecule has 0 radical (unpaired) electrons. The van der Waals surface area contributed by atoms with Crippen molar-refractivity contribution < 1.29 is 39.0 Å². The average Bonchev–Trinajstić information content (AvgIpc) is 3.77. The topological polar surface area (TPSA) is 110 Å². The Morgan fingerprint density at radius 2 is 1.53 bits per heavy atom. The number of rotatable bonds is 2. The minimum absolute atomic E-state index is 0.0177. The van der Waals surface area contributed by atoms with Crippen molar-refractivity contribution in [2.75, 3.05) is 13.2 Å². The molecule has 17 atom stereocenters. The van der Waals surface area contributed by atoms with E-state index in [9.17, 15) is 15.3 Å². The monoisotopic (exact) mass is 602 g/mol. The van der Waals surface area contributed by atoms with E-state index >= 15 is 0 Å². The molecular formula is C35H54O8. The van der Waals surface area contributed by atoms with Gasteiger partial charge in [0.15, 0.2) is 12.1 Å². The number of epoxide rings is 1. The highest BCUT2D eigenvalue weighted by molar-refractivity contribution is 5.32. The van der Waals surface area contributed by atoms with E-state index in [1.54, 1.807) is 0 Å². The van der Waals surface area contributed by atoms with Crippen LogP contribution in [-0.4, -0.2) is 82.8 Å². The first kappa shape index (κ1) is 28.9. The minimum Gasteiger partial charge on any atom is -0.388 e. The molecule has 8 nitrogen and oxygen atoms in total. The van der Waals surface area contributed by atoms with Gasteiger partial charge in [0, 0.05) is 6.42 Å². The third kappa shape index (κ3) is 3.27. The second-order valence-electron chi connectivity index (χ2n) is 18.2. The first-order valence-electron chi connectivity index (χ1n) is 17.5. The van der Waals surface area contributed by atoms with Crippen LogP contribution < -0.4 is 0 Å². The van der Waals surface area contributed by atoms with Crippen LogP contribution in [0.5, 0.6) is 0 Å². The molecule has 8 heteroatoms. The van der Waals surface area contributed by atoms with Crippen molar-refractivity contribution >= 4 is 0 Å². The molecule has 9 aliphatic rings. The van der Waals surface area contributed by atoms with Gasteiger partial charge in [-0.15, -0.1) is 0 Å². The van der Waals surface area contributed by atoms with Gasteiger partial charge in [-0.3, -0.25) is 0 Å². The summed E-state index contributed by atoms with van der Waals surface area (Å²) in [4.78, 5) is 0. The van der Waals surface area contributed by atoms with E-state index in [1.165, 1.54) is 32.1 Å². The molecule has 0 aromatic heterocycles. The Morgan fingerprint density at radius 1 is 0.791 bits per heavy atom. The van der Waals surface area contributed by atoms with Crippen molar-refractivity contribution in [2.24, 2.45) is 50.7 Å². The Labute approximate surface area is 256 Å². The molecule has 3 spiro atoms. The van der Waals surface area contributed by atoms with Crippen LogP contribution in [-0.2, 0) is 23.7 Å². The molecule has 9 rings (SSSR count). The number of aliphatic hydroxyl groups is 3. The fourth-order valence-electron chi connectivity index (χ4n) is 14.2. The van der Waals surface area contributed by atoms with Gasteiger partial charge in [0.25, 0.3) is 0 Å². The van der Waals surface area contributed by atoms with Crippen LogP contribution in [0, 0.1) is 50.7 Å². The molecule has 3 N–H and O–H groups in total. The van der Waals surface area contributed by atoms with Gasteiger partial charge < -0.3 is 39.0 Å². The van der Waals surface area contributed by atoms with Crippen LogP contribution in [0.4, 0.5) is 0 Å². The van der Waals surface area contributed by atoms with Crippen molar-refractivity contribution in [3.8, 4) is 0 Å². The quantitative estimate of drug-likeness (QED) is 0.319. The zero-order valence-corrected chi connectivity index (χ0v) is 27.0. The van der Waals surface area contributed by atoms with E-state index in [2.05, 4.69) is 41.5 Å². The summed E-state index contributed by atoms with van der Waals surface area (Å²) in [7, 11) is 0. The number of hydrogen-bond acceptors (Lipinski definition) is 8. The minimum atomic E-state index is -1.24. The van der Waals surface area contributed by atoms with Crippen LogP contribution >= 0.6 is 0 Å². The maximum absolute atomic E-state index is 10.6. The van der Waals surface area contributed by atoms with Crippen molar-refractivity contribution in [3.05, 3.63) is 0 Å². The molecule has 4 saturated heterocycles. The maximum atomic E-state index is 10.6. The van der Waals surface area contributed by atoms with Gasteiger partial charge in [-0.05, 0) is 109 Å². The van der Waals surface area contributed by atoms with E-state index < -0.39 is 30.4 Å². The van der Waals surface area contributed by atoms with Crippen molar-refractivity contribution in [2.45, 2.75) is 154 Å². The van der Waals surface area contributed by atoms with E-state index in [1.807, 2.05) is 0 Å². The molecule has 4 heterocycles. The standard InChI is InChI=1S/C35H54O8/c1-18-13-35(28-32(6,43-28)17-40-35)42-20-14-31(5)22-8-7-21-29(2,3)23(41-27-26(38)25(37)19(36)15-39-27)9-10-33(21)16-34(22,33)12-11-30(31,4)24(18)20/h18-28,36-38H,7-17H2,1-6H3/t18?,19-,20+,21+,22+,23?,24+,25+,26-,27+,28?,30-,31+,32+,33-,34+,35-/m1/s1. The van der Waals surface area contributed by atoms with Gasteiger partial charge in [0.1, 0.15) is 30.0 Å². The first-order chi connectivity index (χ1) is 20.2. The van der Waals surface area contributed by atoms with Gasteiger partial charge >= 0.3 is 0 Å². The van der Waals surface area contributed by atoms with Crippen LogP contribution in [0.25, 0.3) is 0 Å².